The monoisotopic (exact) mass is 324 g/mol. The topological polar surface area (TPSA) is 56.0 Å². The lowest BCUT2D eigenvalue weighted by molar-refractivity contribution is 0.0993. The molecule has 0 atom stereocenters. The second kappa shape index (κ2) is 5.50. The number of nitrogen functional groups attached to an aromatic ring is 1. The Morgan fingerprint density at radius 1 is 1.39 bits per heavy atom. The molecule has 1 aromatic carbocycles. The Morgan fingerprint density at radius 2 is 2.17 bits per heavy atom. The van der Waals surface area contributed by atoms with Crippen LogP contribution in [0.2, 0.25) is 5.02 Å². The van der Waals surface area contributed by atoms with Crippen LogP contribution in [0.15, 0.2) is 41.1 Å². The fourth-order valence-electron chi connectivity index (χ4n) is 1.53. The van der Waals surface area contributed by atoms with E-state index < -0.39 is 0 Å². The summed E-state index contributed by atoms with van der Waals surface area (Å²) in [5.74, 6) is -0.0212. The average molecular weight is 326 g/mol. The van der Waals surface area contributed by atoms with E-state index in [1.54, 1.807) is 36.7 Å². The molecular weight excluding hydrogens is 316 g/mol. The molecule has 0 bridgehead atoms. The van der Waals surface area contributed by atoms with E-state index in [0.29, 0.717) is 20.7 Å². The Labute approximate surface area is 118 Å². The van der Waals surface area contributed by atoms with E-state index in [1.165, 1.54) is 0 Å². The summed E-state index contributed by atoms with van der Waals surface area (Å²) < 4.78 is 0.703. The Kier molecular flexibility index (Phi) is 3.99. The number of pyridine rings is 1. The van der Waals surface area contributed by atoms with Gasteiger partial charge in [-0.25, -0.2) is 0 Å². The summed E-state index contributed by atoms with van der Waals surface area (Å²) in [5, 5.41) is 0.576. The van der Waals surface area contributed by atoms with Crippen LogP contribution < -0.4 is 5.73 Å². The summed E-state index contributed by atoms with van der Waals surface area (Å²) in [4.78, 5) is 16.0. The van der Waals surface area contributed by atoms with Gasteiger partial charge in [0.05, 0.1) is 5.02 Å². The van der Waals surface area contributed by atoms with Crippen LogP contribution in [0.25, 0.3) is 0 Å². The van der Waals surface area contributed by atoms with Gasteiger partial charge in [0, 0.05) is 40.1 Å². The zero-order chi connectivity index (χ0) is 13.1. The predicted molar refractivity (Wildman–Crippen MR) is 75.8 cm³/mol. The van der Waals surface area contributed by atoms with E-state index in [1.807, 2.05) is 0 Å². The standard InChI is InChI=1S/C13H10BrClN2O/c14-10-5-8(1-2-11(10)15)13(18)6-9-7-17-4-3-12(9)16/h1-5,7H,6H2,(H2,16,17). The normalized spacial score (nSPS) is 10.3. The molecule has 92 valence electrons. The lowest BCUT2D eigenvalue weighted by Crippen LogP contribution is -2.06. The van der Waals surface area contributed by atoms with Gasteiger partial charge in [-0.1, -0.05) is 11.6 Å². The largest absolute Gasteiger partial charge is 0.398 e. The highest BCUT2D eigenvalue weighted by molar-refractivity contribution is 9.10. The van der Waals surface area contributed by atoms with Crippen molar-refractivity contribution in [2.24, 2.45) is 0 Å². The molecule has 3 nitrogen and oxygen atoms in total. The van der Waals surface area contributed by atoms with E-state index in [2.05, 4.69) is 20.9 Å². The molecule has 2 aromatic rings. The smallest absolute Gasteiger partial charge is 0.167 e. The zero-order valence-electron chi connectivity index (χ0n) is 9.36. The molecule has 1 heterocycles. The number of anilines is 1. The van der Waals surface area contributed by atoms with Crippen LogP contribution in [-0.2, 0) is 6.42 Å². The maximum absolute atomic E-state index is 12.1. The molecule has 18 heavy (non-hydrogen) atoms. The van der Waals surface area contributed by atoms with Crippen LogP contribution >= 0.6 is 27.5 Å². The van der Waals surface area contributed by atoms with Gasteiger partial charge in [-0.05, 0) is 40.2 Å². The van der Waals surface area contributed by atoms with Crippen LogP contribution in [0, 0.1) is 0 Å². The van der Waals surface area contributed by atoms with Gasteiger partial charge in [-0.2, -0.15) is 0 Å². The highest BCUT2D eigenvalue weighted by Crippen LogP contribution is 2.24. The summed E-state index contributed by atoms with van der Waals surface area (Å²) in [5.41, 5.74) is 7.68. The minimum atomic E-state index is -0.0212. The van der Waals surface area contributed by atoms with Gasteiger partial charge < -0.3 is 5.73 Å². The van der Waals surface area contributed by atoms with E-state index >= 15 is 0 Å². The molecule has 0 unspecified atom stereocenters. The molecule has 0 spiro atoms. The third-order valence-electron chi connectivity index (χ3n) is 2.53. The summed E-state index contributed by atoms with van der Waals surface area (Å²) in [7, 11) is 0. The zero-order valence-corrected chi connectivity index (χ0v) is 11.7. The molecule has 2 rings (SSSR count). The Morgan fingerprint density at radius 3 is 2.83 bits per heavy atom. The quantitative estimate of drug-likeness (QED) is 0.879. The minimum absolute atomic E-state index is 0.0212. The number of nitrogens with zero attached hydrogens (tertiary/aromatic N) is 1. The molecule has 0 aliphatic rings. The molecule has 0 amide bonds. The number of ketones is 1. The molecular formula is C13H10BrClN2O. The fourth-order valence-corrected chi connectivity index (χ4v) is 2.03. The second-order valence-corrected chi connectivity index (χ2v) is 5.06. The van der Waals surface area contributed by atoms with Crippen molar-refractivity contribution in [3.05, 3.63) is 57.3 Å². The minimum Gasteiger partial charge on any atom is -0.398 e. The van der Waals surface area contributed by atoms with Gasteiger partial charge in [0.25, 0.3) is 0 Å². The molecule has 0 saturated carbocycles. The van der Waals surface area contributed by atoms with Crippen molar-refractivity contribution in [2.45, 2.75) is 6.42 Å². The molecule has 0 aliphatic carbocycles. The van der Waals surface area contributed by atoms with Crippen molar-refractivity contribution < 1.29 is 4.79 Å². The number of nitrogens with two attached hydrogens (primary N) is 1. The van der Waals surface area contributed by atoms with Crippen molar-refractivity contribution in [1.29, 1.82) is 0 Å². The number of benzene rings is 1. The van der Waals surface area contributed by atoms with E-state index in [4.69, 9.17) is 17.3 Å². The highest BCUT2D eigenvalue weighted by atomic mass is 79.9. The van der Waals surface area contributed by atoms with Gasteiger partial charge in [0.1, 0.15) is 0 Å². The first-order valence-corrected chi connectivity index (χ1v) is 6.41. The summed E-state index contributed by atoms with van der Waals surface area (Å²) in [6.45, 7) is 0. The number of carbonyl (C=O) groups is 1. The number of aromatic nitrogens is 1. The van der Waals surface area contributed by atoms with E-state index in [0.717, 1.165) is 5.56 Å². The number of halogens is 2. The average Bonchev–Trinajstić information content (AvgIpc) is 2.35. The summed E-state index contributed by atoms with van der Waals surface area (Å²) in [6, 6.07) is 6.77. The fraction of sp³-hybridized carbons (Fsp3) is 0.0769. The Bertz CT molecular complexity index is 601. The Hall–Kier alpha value is -1.39. The lowest BCUT2D eigenvalue weighted by atomic mass is 10.0. The third-order valence-corrected chi connectivity index (χ3v) is 3.75. The molecule has 0 fully saturated rings. The molecule has 2 N–H and O–H groups in total. The number of carbonyl (C=O) groups excluding carboxylic acids is 1. The molecule has 0 aliphatic heterocycles. The van der Waals surface area contributed by atoms with Gasteiger partial charge >= 0.3 is 0 Å². The number of Topliss-reactive ketones (excluding diaryl/α,β-unsaturated/α-hetero) is 1. The number of hydrogen-bond donors (Lipinski definition) is 1. The maximum Gasteiger partial charge on any atom is 0.167 e. The third kappa shape index (κ3) is 2.89. The predicted octanol–water partition coefficient (Wildman–Crippen LogP) is 3.51. The van der Waals surface area contributed by atoms with Crippen LogP contribution in [0.1, 0.15) is 15.9 Å². The van der Waals surface area contributed by atoms with Crippen molar-refractivity contribution in [3.63, 3.8) is 0 Å². The molecule has 5 heteroatoms. The van der Waals surface area contributed by atoms with E-state index in [9.17, 15) is 4.79 Å². The first-order chi connectivity index (χ1) is 8.58. The Balaban J connectivity index is 2.22. The maximum atomic E-state index is 12.1. The van der Waals surface area contributed by atoms with Crippen LogP contribution in [0.5, 0.6) is 0 Å². The van der Waals surface area contributed by atoms with Crippen LogP contribution in [0.4, 0.5) is 5.69 Å². The lowest BCUT2D eigenvalue weighted by Gasteiger charge is -2.05. The first kappa shape index (κ1) is 13.1. The highest BCUT2D eigenvalue weighted by Gasteiger charge is 2.10. The second-order valence-electron chi connectivity index (χ2n) is 3.80. The van der Waals surface area contributed by atoms with Gasteiger partial charge in [0.15, 0.2) is 5.78 Å². The van der Waals surface area contributed by atoms with Crippen molar-refractivity contribution in [3.8, 4) is 0 Å². The van der Waals surface area contributed by atoms with Gasteiger partial charge in [-0.3, -0.25) is 9.78 Å². The van der Waals surface area contributed by atoms with Gasteiger partial charge in [0.2, 0.25) is 0 Å². The van der Waals surface area contributed by atoms with Gasteiger partial charge in [-0.15, -0.1) is 0 Å². The van der Waals surface area contributed by atoms with Crippen LogP contribution in [-0.4, -0.2) is 10.8 Å². The van der Waals surface area contributed by atoms with E-state index in [-0.39, 0.29) is 12.2 Å². The molecule has 0 saturated heterocycles. The van der Waals surface area contributed by atoms with Crippen molar-refractivity contribution in [1.82, 2.24) is 4.98 Å². The van der Waals surface area contributed by atoms with Crippen molar-refractivity contribution in [2.75, 3.05) is 5.73 Å². The number of rotatable bonds is 3. The summed E-state index contributed by atoms with van der Waals surface area (Å²) >= 11 is 9.18. The van der Waals surface area contributed by atoms with Crippen LogP contribution in [0.3, 0.4) is 0 Å². The first-order valence-electron chi connectivity index (χ1n) is 5.24. The van der Waals surface area contributed by atoms with Crippen molar-refractivity contribution >= 4 is 39.0 Å². The summed E-state index contributed by atoms with van der Waals surface area (Å²) in [6.07, 6.45) is 3.44. The number of hydrogen-bond acceptors (Lipinski definition) is 3. The molecule has 1 aromatic heterocycles. The SMILES string of the molecule is Nc1ccncc1CC(=O)c1ccc(Cl)c(Br)c1. The molecule has 0 radical (unpaired) electrons.